The monoisotopic (exact) mass is 465 g/mol. The highest BCUT2D eigenvalue weighted by molar-refractivity contribution is 6.31. The first kappa shape index (κ1) is 23.5. The van der Waals surface area contributed by atoms with E-state index in [1.165, 1.54) is 37.5 Å². The second-order valence-electron chi connectivity index (χ2n) is 6.98. The SMILES string of the molecule is COc1ccccc1C(=O)N/C(=C\c1ccc([N+](=O)[O-])cc1)C(=O)Nc1ccc(C)c(Cl)c1. The summed E-state index contributed by atoms with van der Waals surface area (Å²) in [5.74, 6) is -0.815. The average Bonchev–Trinajstić information content (AvgIpc) is 2.81. The molecule has 0 spiro atoms. The van der Waals surface area contributed by atoms with Crippen LogP contribution in [-0.2, 0) is 4.79 Å². The smallest absolute Gasteiger partial charge is 0.272 e. The van der Waals surface area contributed by atoms with Gasteiger partial charge in [0.15, 0.2) is 0 Å². The number of aryl methyl sites for hydroxylation is 1. The van der Waals surface area contributed by atoms with Crippen molar-refractivity contribution >= 4 is 40.9 Å². The van der Waals surface area contributed by atoms with Crippen molar-refractivity contribution in [1.29, 1.82) is 0 Å². The second kappa shape index (κ2) is 10.4. The van der Waals surface area contributed by atoms with Crippen LogP contribution in [0.3, 0.4) is 0 Å². The van der Waals surface area contributed by atoms with Gasteiger partial charge in [0.1, 0.15) is 11.4 Å². The van der Waals surface area contributed by atoms with Crippen LogP contribution in [-0.4, -0.2) is 23.8 Å². The largest absolute Gasteiger partial charge is 0.496 e. The third-order valence-corrected chi connectivity index (χ3v) is 5.10. The molecule has 2 N–H and O–H groups in total. The molecule has 33 heavy (non-hydrogen) atoms. The molecule has 0 aromatic heterocycles. The zero-order valence-electron chi connectivity index (χ0n) is 17.8. The van der Waals surface area contributed by atoms with E-state index in [1.807, 2.05) is 6.92 Å². The van der Waals surface area contributed by atoms with E-state index in [4.69, 9.17) is 16.3 Å². The molecule has 0 aliphatic heterocycles. The molecule has 0 aliphatic carbocycles. The molecular formula is C24H20ClN3O5. The van der Waals surface area contributed by atoms with E-state index < -0.39 is 16.7 Å². The minimum Gasteiger partial charge on any atom is -0.496 e. The molecule has 0 fully saturated rings. The summed E-state index contributed by atoms with van der Waals surface area (Å²) in [5.41, 5.74) is 1.84. The Labute approximate surface area is 195 Å². The highest BCUT2D eigenvalue weighted by Crippen LogP contribution is 2.22. The Morgan fingerprint density at radius 2 is 1.76 bits per heavy atom. The van der Waals surface area contributed by atoms with Gasteiger partial charge in [-0.15, -0.1) is 0 Å². The quantitative estimate of drug-likeness (QED) is 0.290. The van der Waals surface area contributed by atoms with Gasteiger partial charge in [-0.05, 0) is 60.5 Å². The van der Waals surface area contributed by atoms with Crippen molar-refractivity contribution in [3.05, 3.63) is 104 Å². The van der Waals surface area contributed by atoms with Gasteiger partial charge in [0.25, 0.3) is 17.5 Å². The van der Waals surface area contributed by atoms with Crippen LogP contribution in [0.15, 0.2) is 72.4 Å². The van der Waals surface area contributed by atoms with Crippen LogP contribution in [0.4, 0.5) is 11.4 Å². The van der Waals surface area contributed by atoms with Gasteiger partial charge in [0.05, 0.1) is 17.6 Å². The number of amides is 2. The lowest BCUT2D eigenvalue weighted by Crippen LogP contribution is -2.31. The van der Waals surface area contributed by atoms with Crippen molar-refractivity contribution in [3.8, 4) is 5.75 Å². The number of non-ortho nitro benzene ring substituents is 1. The summed E-state index contributed by atoms with van der Waals surface area (Å²) in [6.45, 7) is 1.83. The molecule has 3 aromatic carbocycles. The average molecular weight is 466 g/mol. The van der Waals surface area contributed by atoms with Gasteiger partial charge in [-0.25, -0.2) is 0 Å². The molecule has 0 heterocycles. The Bertz CT molecular complexity index is 1240. The molecule has 0 radical (unpaired) electrons. The van der Waals surface area contributed by atoms with Crippen LogP contribution >= 0.6 is 11.6 Å². The van der Waals surface area contributed by atoms with Crippen molar-refractivity contribution in [1.82, 2.24) is 5.32 Å². The molecule has 8 nitrogen and oxygen atoms in total. The first-order valence-electron chi connectivity index (χ1n) is 9.76. The van der Waals surface area contributed by atoms with Gasteiger partial charge in [0, 0.05) is 22.8 Å². The zero-order chi connectivity index (χ0) is 24.0. The summed E-state index contributed by atoms with van der Waals surface area (Å²) in [4.78, 5) is 36.3. The zero-order valence-corrected chi connectivity index (χ0v) is 18.6. The summed E-state index contributed by atoms with van der Waals surface area (Å²) in [6.07, 6.45) is 1.42. The van der Waals surface area contributed by atoms with Gasteiger partial charge >= 0.3 is 0 Å². The summed E-state index contributed by atoms with van der Waals surface area (Å²) in [6, 6.07) is 17.2. The number of hydrogen-bond donors (Lipinski definition) is 2. The molecule has 3 aromatic rings. The van der Waals surface area contributed by atoms with Crippen molar-refractivity contribution in [2.24, 2.45) is 0 Å². The van der Waals surface area contributed by atoms with Crippen LogP contribution in [0.1, 0.15) is 21.5 Å². The molecule has 0 saturated heterocycles. The number of nitro benzene ring substituents is 1. The number of nitrogens with one attached hydrogen (secondary N) is 2. The number of nitrogens with zero attached hydrogens (tertiary/aromatic N) is 1. The third-order valence-electron chi connectivity index (χ3n) is 4.69. The number of carbonyl (C=O) groups excluding carboxylic acids is 2. The van der Waals surface area contributed by atoms with Crippen LogP contribution in [0.5, 0.6) is 5.75 Å². The Morgan fingerprint density at radius 1 is 1.06 bits per heavy atom. The molecule has 0 bridgehead atoms. The van der Waals surface area contributed by atoms with E-state index >= 15 is 0 Å². The first-order chi connectivity index (χ1) is 15.8. The predicted octanol–water partition coefficient (Wildman–Crippen LogP) is 4.97. The minimum atomic E-state index is -0.600. The summed E-state index contributed by atoms with van der Waals surface area (Å²) in [7, 11) is 1.44. The Morgan fingerprint density at radius 3 is 2.39 bits per heavy atom. The number of rotatable bonds is 7. The number of para-hydroxylation sites is 1. The lowest BCUT2D eigenvalue weighted by molar-refractivity contribution is -0.384. The van der Waals surface area contributed by atoms with Crippen molar-refractivity contribution < 1.29 is 19.2 Å². The Balaban J connectivity index is 1.94. The molecule has 0 saturated carbocycles. The maximum absolute atomic E-state index is 13.0. The number of nitro groups is 1. The molecule has 168 valence electrons. The number of carbonyl (C=O) groups is 2. The molecule has 3 rings (SSSR count). The van der Waals surface area contributed by atoms with Gasteiger partial charge < -0.3 is 15.4 Å². The van der Waals surface area contributed by atoms with Gasteiger partial charge in [-0.2, -0.15) is 0 Å². The molecule has 9 heteroatoms. The lowest BCUT2D eigenvalue weighted by atomic mass is 10.1. The number of anilines is 1. The third kappa shape index (κ3) is 5.96. The van der Waals surface area contributed by atoms with Crippen LogP contribution in [0.2, 0.25) is 5.02 Å². The number of ether oxygens (including phenoxy) is 1. The topological polar surface area (TPSA) is 111 Å². The van der Waals surface area contributed by atoms with Crippen LogP contribution in [0, 0.1) is 17.0 Å². The standard InChI is InChI=1S/C24H20ClN3O5/c1-15-7-10-17(14-20(15)25)26-24(30)21(13-16-8-11-18(12-9-16)28(31)32)27-23(29)19-5-3-4-6-22(19)33-2/h3-14H,1-2H3,(H,26,30)(H,27,29)/b21-13-. The summed E-state index contributed by atoms with van der Waals surface area (Å²) < 4.78 is 5.22. The van der Waals surface area contributed by atoms with E-state index in [-0.39, 0.29) is 16.9 Å². The van der Waals surface area contributed by atoms with Crippen molar-refractivity contribution in [3.63, 3.8) is 0 Å². The van der Waals surface area contributed by atoms with E-state index in [1.54, 1.807) is 42.5 Å². The maximum Gasteiger partial charge on any atom is 0.272 e. The van der Waals surface area contributed by atoms with Gasteiger partial charge in [0.2, 0.25) is 0 Å². The van der Waals surface area contributed by atoms with E-state index in [0.717, 1.165) is 5.56 Å². The van der Waals surface area contributed by atoms with E-state index in [2.05, 4.69) is 10.6 Å². The first-order valence-corrected chi connectivity index (χ1v) is 10.1. The number of halogens is 1. The second-order valence-corrected chi connectivity index (χ2v) is 7.39. The summed E-state index contributed by atoms with van der Waals surface area (Å²) >= 11 is 6.14. The van der Waals surface area contributed by atoms with Crippen molar-refractivity contribution in [2.45, 2.75) is 6.92 Å². The molecule has 0 aliphatic rings. The molecule has 2 amide bonds. The highest BCUT2D eigenvalue weighted by atomic mass is 35.5. The maximum atomic E-state index is 13.0. The number of methoxy groups -OCH3 is 1. The van der Waals surface area contributed by atoms with Crippen LogP contribution in [0.25, 0.3) is 6.08 Å². The number of benzene rings is 3. The fourth-order valence-corrected chi connectivity index (χ4v) is 3.09. The van der Waals surface area contributed by atoms with E-state index in [9.17, 15) is 19.7 Å². The van der Waals surface area contributed by atoms with E-state index in [0.29, 0.717) is 22.0 Å². The molecule has 0 unspecified atom stereocenters. The number of hydrogen-bond acceptors (Lipinski definition) is 5. The Hall–Kier alpha value is -4.17. The highest BCUT2D eigenvalue weighted by Gasteiger charge is 2.18. The van der Waals surface area contributed by atoms with Gasteiger partial charge in [-0.3, -0.25) is 19.7 Å². The Kier molecular flexibility index (Phi) is 7.42. The predicted molar refractivity (Wildman–Crippen MR) is 126 cm³/mol. The molecule has 0 atom stereocenters. The summed E-state index contributed by atoms with van der Waals surface area (Å²) in [5, 5.41) is 16.7. The molecular weight excluding hydrogens is 446 g/mol. The van der Waals surface area contributed by atoms with Crippen molar-refractivity contribution in [2.75, 3.05) is 12.4 Å². The fourth-order valence-electron chi connectivity index (χ4n) is 2.91. The lowest BCUT2D eigenvalue weighted by Gasteiger charge is -2.13. The van der Waals surface area contributed by atoms with Crippen LogP contribution < -0.4 is 15.4 Å². The van der Waals surface area contributed by atoms with Gasteiger partial charge in [-0.1, -0.05) is 29.8 Å². The minimum absolute atomic E-state index is 0.0727. The normalized spacial score (nSPS) is 10.9. The fraction of sp³-hybridized carbons (Fsp3) is 0.0833.